The van der Waals surface area contributed by atoms with Gasteiger partial charge in [-0.3, -0.25) is 14.6 Å². The molecule has 2 aromatic heterocycles. The van der Waals surface area contributed by atoms with Crippen LogP contribution in [0.25, 0.3) is 0 Å². The van der Waals surface area contributed by atoms with E-state index in [0.29, 0.717) is 54.9 Å². The molecule has 0 fully saturated rings. The summed E-state index contributed by atoms with van der Waals surface area (Å²) in [5.41, 5.74) is 1.57. The summed E-state index contributed by atoms with van der Waals surface area (Å²) in [5, 5.41) is 9.33. The molecule has 10 nitrogen and oxygen atoms in total. The lowest BCUT2D eigenvalue weighted by Gasteiger charge is -2.19. The minimum atomic E-state index is -0.501. The van der Waals surface area contributed by atoms with Gasteiger partial charge in [0.1, 0.15) is 22.7 Å². The van der Waals surface area contributed by atoms with Crippen molar-refractivity contribution in [2.24, 2.45) is 0 Å². The summed E-state index contributed by atoms with van der Waals surface area (Å²) in [4.78, 5) is 37.9. The van der Waals surface area contributed by atoms with E-state index >= 15 is 0 Å². The molecule has 0 saturated heterocycles. The molecular formula is C29H38N6O4. The van der Waals surface area contributed by atoms with Gasteiger partial charge in [0.25, 0.3) is 5.91 Å². The second-order valence-electron chi connectivity index (χ2n) is 9.94. The van der Waals surface area contributed by atoms with E-state index in [2.05, 4.69) is 30.9 Å². The highest BCUT2D eigenvalue weighted by Crippen LogP contribution is 2.21. The van der Waals surface area contributed by atoms with Crippen molar-refractivity contribution in [1.82, 2.24) is 15.0 Å². The normalized spacial score (nSPS) is 11.0. The number of pyridine rings is 1. The first-order valence-electron chi connectivity index (χ1n) is 13.2. The van der Waals surface area contributed by atoms with E-state index in [-0.39, 0.29) is 18.3 Å². The third-order valence-electron chi connectivity index (χ3n) is 5.33. The number of amides is 1. The van der Waals surface area contributed by atoms with Crippen molar-refractivity contribution in [1.29, 1.82) is 0 Å². The van der Waals surface area contributed by atoms with E-state index in [1.54, 1.807) is 36.7 Å². The Hall–Kier alpha value is -4.21. The molecule has 10 heteroatoms. The zero-order chi connectivity index (χ0) is 28.1. The van der Waals surface area contributed by atoms with Crippen LogP contribution in [0, 0.1) is 0 Å². The molecule has 3 N–H and O–H groups in total. The van der Waals surface area contributed by atoms with E-state index in [9.17, 15) is 9.59 Å². The van der Waals surface area contributed by atoms with Gasteiger partial charge in [-0.25, -0.2) is 4.98 Å². The Balaban J connectivity index is 1.57. The average molecular weight is 535 g/mol. The number of nitrogens with zero attached hydrogens (tertiary/aromatic N) is 3. The summed E-state index contributed by atoms with van der Waals surface area (Å²) in [6.45, 7) is 9.23. The van der Waals surface area contributed by atoms with Crippen LogP contribution in [0.3, 0.4) is 0 Å². The highest BCUT2D eigenvalue weighted by atomic mass is 16.6. The molecule has 1 aromatic carbocycles. The topological polar surface area (TPSA) is 127 Å². The van der Waals surface area contributed by atoms with Crippen molar-refractivity contribution in [2.45, 2.75) is 59.0 Å². The smallest absolute Gasteiger partial charge is 0.306 e. The zero-order valence-corrected chi connectivity index (χ0v) is 23.1. The number of hydrogen-bond donors (Lipinski definition) is 3. The van der Waals surface area contributed by atoms with Crippen molar-refractivity contribution in [3.05, 3.63) is 66.1 Å². The fourth-order valence-electron chi connectivity index (χ4n) is 3.54. The van der Waals surface area contributed by atoms with Gasteiger partial charge in [0.15, 0.2) is 0 Å². The van der Waals surface area contributed by atoms with Gasteiger partial charge in [-0.15, -0.1) is 0 Å². The van der Waals surface area contributed by atoms with Crippen LogP contribution in [0.5, 0.6) is 5.75 Å². The molecule has 0 radical (unpaired) electrons. The first-order chi connectivity index (χ1) is 18.7. The Labute approximate surface area is 230 Å². The monoisotopic (exact) mass is 534 g/mol. The number of aromatic nitrogens is 3. The predicted molar refractivity (Wildman–Crippen MR) is 152 cm³/mol. The van der Waals surface area contributed by atoms with Crippen LogP contribution < -0.4 is 20.7 Å². The van der Waals surface area contributed by atoms with Crippen molar-refractivity contribution in [3.63, 3.8) is 0 Å². The van der Waals surface area contributed by atoms with E-state index in [1.165, 1.54) is 6.20 Å². The Kier molecular flexibility index (Phi) is 11.0. The van der Waals surface area contributed by atoms with Crippen molar-refractivity contribution in [2.75, 3.05) is 35.6 Å². The molecular weight excluding hydrogens is 496 g/mol. The maximum Gasteiger partial charge on any atom is 0.306 e. The number of rotatable bonds is 14. The molecule has 0 aliphatic heterocycles. The molecule has 0 aliphatic rings. The maximum atomic E-state index is 13.1. The third kappa shape index (κ3) is 10.6. The number of nitrogens with one attached hydrogen (secondary N) is 3. The third-order valence-corrected chi connectivity index (χ3v) is 5.33. The largest absolute Gasteiger partial charge is 0.494 e. The highest BCUT2D eigenvalue weighted by Gasteiger charge is 2.17. The minimum absolute atomic E-state index is 0.253. The van der Waals surface area contributed by atoms with Crippen LogP contribution in [0.15, 0.2) is 55.0 Å². The van der Waals surface area contributed by atoms with Crippen molar-refractivity contribution >= 4 is 29.3 Å². The standard InChI is InChI=1S/C29H38N6O4/c1-5-14-31-26-24(20-33-28(35-26)32-17-13-21-11-15-30-16-12-21)27(37)34-22-8-6-9-23(19-22)38-18-7-10-25(36)39-29(2,3)4/h6,8-9,11-12,15-16,19-20H,5,7,10,13-14,17-18H2,1-4H3,(H,34,37)(H2,31,32,33,35). The number of carbonyl (C=O) groups is 2. The number of anilines is 3. The van der Waals surface area contributed by atoms with Crippen LogP contribution in [-0.2, 0) is 16.0 Å². The summed E-state index contributed by atoms with van der Waals surface area (Å²) < 4.78 is 11.1. The lowest BCUT2D eigenvalue weighted by atomic mass is 10.2. The van der Waals surface area contributed by atoms with Gasteiger partial charge in [0.2, 0.25) is 5.95 Å². The number of benzene rings is 1. The SMILES string of the molecule is CCCNc1nc(NCCc2ccncc2)ncc1C(=O)Nc1cccc(OCCCC(=O)OC(C)(C)C)c1. The molecule has 0 unspecified atom stereocenters. The number of carbonyl (C=O) groups excluding carboxylic acids is 2. The molecule has 1 amide bonds. The van der Waals surface area contributed by atoms with Gasteiger partial charge in [-0.2, -0.15) is 4.98 Å². The van der Waals surface area contributed by atoms with Gasteiger partial charge < -0.3 is 25.4 Å². The van der Waals surface area contributed by atoms with Gasteiger partial charge in [0.05, 0.1) is 6.61 Å². The van der Waals surface area contributed by atoms with Gasteiger partial charge in [-0.05, 0) is 69.9 Å². The molecule has 0 bridgehead atoms. The highest BCUT2D eigenvalue weighted by molar-refractivity contribution is 6.07. The average Bonchev–Trinajstić information content (AvgIpc) is 2.90. The minimum Gasteiger partial charge on any atom is -0.494 e. The Morgan fingerprint density at radius 3 is 2.56 bits per heavy atom. The Bertz CT molecular complexity index is 1210. The van der Waals surface area contributed by atoms with Crippen LogP contribution in [0.2, 0.25) is 0 Å². The van der Waals surface area contributed by atoms with Crippen molar-refractivity contribution < 1.29 is 19.1 Å². The Morgan fingerprint density at radius 1 is 1.03 bits per heavy atom. The number of hydrogen-bond acceptors (Lipinski definition) is 9. The molecule has 2 heterocycles. The second kappa shape index (κ2) is 14.7. The number of ether oxygens (including phenoxy) is 2. The molecule has 0 spiro atoms. The molecule has 0 aliphatic carbocycles. The molecule has 0 atom stereocenters. The molecule has 0 saturated carbocycles. The summed E-state index contributed by atoms with van der Waals surface area (Å²) in [6.07, 6.45) is 7.52. The molecule has 208 valence electrons. The van der Waals surface area contributed by atoms with Crippen LogP contribution in [0.1, 0.15) is 62.9 Å². The fourth-order valence-corrected chi connectivity index (χ4v) is 3.54. The zero-order valence-electron chi connectivity index (χ0n) is 23.1. The van der Waals surface area contributed by atoms with Crippen LogP contribution in [0.4, 0.5) is 17.5 Å². The van der Waals surface area contributed by atoms with E-state index in [0.717, 1.165) is 18.4 Å². The maximum absolute atomic E-state index is 13.1. The fraction of sp³-hybridized carbons (Fsp3) is 0.414. The molecule has 39 heavy (non-hydrogen) atoms. The lowest BCUT2D eigenvalue weighted by molar-refractivity contribution is -0.155. The van der Waals surface area contributed by atoms with Gasteiger partial charge in [0, 0.05) is 49.9 Å². The second-order valence-corrected chi connectivity index (χ2v) is 9.94. The Morgan fingerprint density at radius 2 is 1.82 bits per heavy atom. The molecule has 3 aromatic rings. The molecule has 3 rings (SSSR count). The van der Waals surface area contributed by atoms with E-state index in [4.69, 9.17) is 9.47 Å². The summed E-state index contributed by atoms with van der Waals surface area (Å²) in [5.74, 6) is 0.911. The summed E-state index contributed by atoms with van der Waals surface area (Å²) in [7, 11) is 0. The summed E-state index contributed by atoms with van der Waals surface area (Å²) in [6, 6.07) is 11.0. The van der Waals surface area contributed by atoms with Gasteiger partial charge >= 0.3 is 5.97 Å². The van der Waals surface area contributed by atoms with E-state index < -0.39 is 5.60 Å². The quantitative estimate of drug-likeness (QED) is 0.191. The van der Waals surface area contributed by atoms with Crippen LogP contribution >= 0.6 is 0 Å². The van der Waals surface area contributed by atoms with Crippen molar-refractivity contribution in [3.8, 4) is 5.75 Å². The predicted octanol–water partition coefficient (Wildman–Crippen LogP) is 5.10. The lowest BCUT2D eigenvalue weighted by Crippen LogP contribution is -2.23. The van der Waals surface area contributed by atoms with Crippen LogP contribution in [-0.4, -0.2) is 52.1 Å². The first kappa shape index (κ1) is 29.3. The number of esters is 1. The first-order valence-corrected chi connectivity index (χ1v) is 13.2. The van der Waals surface area contributed by atoms with Gasteiger partial charge in [-0.1, -0.05) is 13.0 Å². The summed E-state index contributed by atoms with van der Waals surface area (Å²) >= 11 is 0. The van der Waals surface area contributed by atoms with E-state index in [1.807, 2.05) is 39.8 Å².